The van der Waals surface area contributed by atoms with Crippen LogP contribution in [0.5, 0.6) is 5.75 Å². The maximum absolute atomic E-state index is 11.7. The molecule has 0 saturated heterocycles. The van der Waals surface area contributed by atoms with E-state index >= 15 is 0 Å². The van der Waals surface area contributed by atoms with Crippen LogP contribution in [0.25, 0.3) is 0 Å². The number of hydrogen-bond acceptors (Lipinski definition) is 5. The van der Waals surface area contributed by atoms with E-state index in [4.69, 9.17) is 9.94 Å². The van der Waals surface area contributed by atoms with E-state index in [2.05, 4.69) is 29.0 Å². The van der Waals surface area contributed by atoms with Gasteiger partial charge in [-0.1, -0.05) is 12.1 Å². The predicted molar refractivity (Wildman–Crippen MR) is 96.1 cm³/mol. The number of amides is 1. The molecule has 6 heteroatoms. The van der Waals surface area contributed by atoms with Gasteiger partial charge in [-0.05, 0) is 41.5 Å². The van der Waals surface area contributed by atoms with Gasteiger partial charge in [-0.25, -0.2) is 5.48 Å². The Hall–Kier alpha value is -2.57. The number of fused-ring (bicyclic) bond motifs is 1. The Labute approximate surface area is 147 Å². The van der Waals surface area contributed by atoms with Gasteiger partial charge in [0.2, 0.25) is 0 Å². The summed E-state index contributed by atoms with van der Waals surface area (Å²) in [6.07, 6.45) is 0. The lowest BCUT2D eigenvalue weighted by Gasteiger charge is -2.20. The monoisotopic (exact) mass is 341 g/mol. The van der Waals surface area contributed by atoms with E-state index in [0.29, 0.717) is 5.56 Å². The van der Waals surface area contributed by atoms with E-state index in [1.54, 1.807) is 18.7 Å². The van der Waals surface area contributed by atoms with Crippen molar-refractivity contribution in [2.24, 2.45) is 0 Å². The highest BCUT2D eigenvalue weighted by Gasteiger charge is 2.19. The molecule has 0 saturated carbocycles. The molecular weight excluding hydrogens is 318 g/mol. The first kappa shape index (κ1) is 17.3. The third kappa shape index (κ3) is 3.92. The molecule has 1 aliphatic heterocycles. The van der Waals surface area contributed by atoms with Gasteiger partial charge >= 0.3 is 0 Å². The smallest absolute Gasteiger partial charge is 0.274 e. The van der Waals surface area contributed by atoms with Crippen LogP contribution < -0.4 is 15.1 Å². The topological polar surface area (TPSA) is 65.0 Å². The average molecular weight is 341 g/mol. The van der Waals surface area contributed by atoms with E-state index in [9.17, 15) is 4.79 Å². The van der Waals surface area contributed by atoms with E-state index in [-0.39, 0.29) is 0 Å². The molecule has 0 fully saturated rings. The number of carbonyl (C=O) groups excluding carboxylic acids is 1. The lowest BCUT2D eigenvalue weighted by molar-refractivity contribution is 0.0706. The molecule has 0 aliphatic carbocycles. The second-order valence-electron chi connectivity index (χ2n) is 6.26. The Morgan fingerprint density at radius 3 is 2.64 bits per heavy atom. The van der Waals surface area contributed by atoms with Crippen molar-refractivity contribution in [2.75, 3.05) is 32.1 Å². The van der Waals surface area contributed by atoms with Gasteiger partial charge in [-0.3, -0.25) is 14.9 Å². The van der Waals surface area contributed by atoms with Crippen molar-refractivity contribution in [3.63, 3.8) is 0 Å². The van der Waals surface area contributed by atoms with E-state index < -0.39 is 5.91 Å². The second kappa shape index (κ2) is 7.55. The number of anilines is 1. The number of likely N-dealkylation sites (N-methyl/N-ethyl adjacent to an activating group) is 1. The zero-order valence-corrected chi connectivity index (χ0v) is 14.5. The minimum atomic E-state index is -0.489. The van der Waals surface area contributed by atoms with Gasteiger partial charge in [-0.15, -0.1) is 0 Å². The van der Waals surface area contributed by atoms with Crippen LogP contribution in [0.3, 0.4) is 0 Å². The summed E-state index contributed by atoms with van der Waals surface area (Å²) in [5.74, 6) is 0.362. The molecule has 6 nitrogen and oxygen atoms in total. The Bertz CT molecular complexity index is 746. The molecule has 0 bridgehead atoms. The summed E-state index contributed by atoms with van der Waals surface area (Å²) in [7, 11) is 3.72. The quantitative estimate of drug-likeness (QED) is 0.660. The third-order valence-electron chi connectivity index (χ3n) is 4.57. The van der Waals surface area contributed by atoms with Crippen molar-refractivity contribution in [1.82, 2.24) is 10.4 Å². The van der Waals surface area contributed by atoms with Crippen LogP contribution in [0.4, 0.5) is 5.69 Å². The Morgan fingerprint density at radius 1 is 1.20 bits per heavy atom. The Morgan fingerprint density at radius 2 is 1.96 bits per heavy atom. The maximum Gasteiger partial charge on any atom is 0.274 e. The molecule has 0 aromatic heterocycles. The normalized spacial score (nSPS) is 14.6. The zero-order valence-electron chi connectivity index (χ0n) is 14.5. The zero-order chi connectivity index (χ0) is 17.8. The van der Waals surface area contributed by atoms with Crippen molar-refractivity contribution >= 4 is 11.6 Å². The van der Waals surface area contributed by atoms with Crippen molar-refractivity contribution in [1.29, 1.82) is 0 Å². The number of benzene rings is 2. The van der Waals surface area contributed by atoms with Crippen LogP contribution in [-0.4, -0.2) is 43.3 Å². The fraction of sp³-hybridized carbons (Fsp3) is 0.316. The summed E-state index contributed by atoms with van der Waals surface area (Å²) in [5.41, 5.74) is 5.57. The molecule has 2 N–H and O–H groups in total. The molecule has 0 radical (unpaired) electrons. The first-order valence-corrected chi connectivity index (χ1v) is 8.24. The van der Waals surface area contributed by atoms with Gasteiger partial charge in [0.1, 0.15) is 5.75 Å². The van der Waals surface area contributed by atoms with E-state index in [1.807, 2.05) is 24.3 Å². The summed E-state index contributed by atoms with van der Waals surface area (Å²) in [5, 5.41) is 8.86. The molecule has 0 atom stereocenters. The minimum Gasteiger partial charge on any atom is -0.497 e. The summed E-state index contributed by atoms with van der Waals surface area (Å²) >= 11 is 0. The number of nitrogens with zero attached hydrogens (tertiary/aromatic N) is 2. The molecule has 25 heavy (non-hydrogen) atoms. The molecule has 3 rings (SSSR count). The van der Waals surface area contributed by atoms with Gasteiger partial charge < -0.3 is 9.64 Å². The fourth-order valence-corrected chi connectivity index (χ4v) is 3.15. The molecule has 132 valence electrons. The number of methoxy groups -OCH3 is 1. The number of nitrogens with one attached hydrogen (secondary N) is 1. The van der Waals surface area contributed by atoms with E-state index in [0.717, 1.165) is 43.2 Å². The number of hydroxylamine groups is 1. The SMILES string of the molecule is COc1ccc(CN2CCN(C)c3ccc(C(=O)NO)cc3C2)cc1. The molecule has 0 spiro atoms. The average Bonchev–Trinajstić information content (AvgIpc) is 2.80. The van der Waals surface area contributed by atoms with Crippen molar-refractivity contribution in [3.05, 3.63) is 59.2 Å². The van der Waals surface area contributed by atoms with Crippen LogP contribution in [0.15, 0.2) is 42.5 Å². The van der Waals surface area contributed by atoms with Crippen LogP contribution in [0.1, 0.15) is 21.5 Å². The standard InChI is InChI=1S/C19H23N3O3/c1-21-9-10-22(12-14-3-6-17(25-2)7-4-14)13-16-11-15(19(23)20-24)5-8-18(16)21/h3-8,11,24H,9-10,12-13H2,1-2H3,(H,20,23). The number of rotatable bonds is 4. The lowest BCUT2D eigenvalue weighted by atomic mass is 10.1. The molecular formula is C19H23N3O3. The van der Waals surface area contributed by atoms with Gasteiger partial charge in [0, 0.05) is 44.5 Å². The van der Waals surface area contributed by atoms with Crippen molar-refractivity contribution in [3.8, 4) is 5.75 Å². The molecule has 1 amide bonds. The highest BCUT2D eigenvalue weighted by Crippen LogP contribution is 2.26. The highest BCUT2D eigenvalue weighted by molar-refractivity contribution is 5.94. The van der Waals surface area contributed by atoms with Crippen LogP contribution in [0.2, 0.25) is 0 Å². The Balaban J connectivity index is 1.81. The lowest BCUT2D eigenvalue weighted by Crippen LogP contribution is -2.28. The van der Waals surface area contributed by atoms with Crippen molar-refractivity contribution in [2.45, 2.75) is 13.1 Å². The van der Waals surface area contributed by atoms with Crippen LogP contribution in [0, 0.1) is 0 Å². The number of carbonyl (C=O) groups is 1. The van der Waals surface area contributed by atoms with Gasteiger partial charge in [-0.2, -0.15) is 0 Å². The first-order chi connectivity index (χ1) is 12.1. The van der Waals surface area contributed by atoms with Gasteiger partial charge in [0.25, 0.3) is 5.91 Å². The number of ether oxygens (including phenoxy) is 1. The summed E-state index contributed by atoms with van der Waals surface area (Å²) in [4.78, 5) is 16.2. The number of hydrogen-bond donors (Lipinski definition) is 2. The van der Waals surface area contributed by atoms with E-state index in [1.165, 1.54) is 5.56 Å². The van der Waals surface area contributed by atoms with Crippen LogP contribution in [-0.2, 0) is 13.1 Å². The second-order valence-corrected chi connectivity index (χ2v) is 6.26. The largest absolute Gasteiger partial charge is 0.497 e. The van der Waals surface area contributed by atoms with Crippen molar-refractivity contribution < 1.29 is 14.7 Å². The summed E-state index contributed by atoms with van der Waals surface area (Å²) in [6.45, 7) is 3.42. The first-order valence-electron chi connectivity index (χ1n) is 8.24. The van der Waals surface area contributed by atoms with Gasteiger partial charge in [0.15, 0.2) is 0 Å². The van der Waals surface area contributed by atoms with Crippen LogP contribution >= 0.6 is 0 Å². The molecule has 2 aromatic carbocycles. The third-order valence-corrected chi connectivity index (χ3v) is 4.57. The summed E-state index contributed by atoms with van der Waals surface area (Å²) in [6, 6.07) is 13.6. The summed E-state index contributed by atoms with van der Waals surface area (Å²) < 4.78 is 5.21. The predicted octanol–water partition coefficient (Wildman–Crippen LogP) is 2.27. The molecule has 0 unspecified atom stereocenters. The maximum atomic E-state index is 11.7. The minimum absolute atomic E-state index is 0.459. The molecule has 1 heterocycles. The Kier molecular flexibility index (Phi) is 5.21. The molecule has 1 aliphatic rings. The van der Waals surface area contributed by atoms with Gasteiger partial charge in [0.05, 0.1) is 7.11 Å². The fourth-order valence-electron chi connectivity index (χ4n) is 3.15. The highest BCUT2D eigenvalue weighted by atomic mass is 16.5. The molecule has 2 aromatic rings.